The van der Waals surface area contributed by atoms with Crippen molar-refractivity contribution in [1.29, 1.82) is 0 Å². The van der Waals surface area contributed by atoms with Crippen LogP contribution >= 0.6 is 0 Å². The number of imidazole rings is 2. The molecule has 2 aromatic heterocycles. The van der Waals surface area contributed by atoms with E-state index in [0.29, 0.717) is 24.7 Å². The average Bonchev–Trinajstić information content (AvgIpc) is 3.35. The first kappa shape index (κ1) is 20.6. The fraction of sp³-hybridized carbons (Fsp3) is 0.304. The summed E-state index contributed by atoms with van der Waals surface area (Å²) in [7, 11) is 0. The van der Waals surface area contributed by atoms with Gasteiger partial charge in [-0.1, -0.05) is 43.5 Å². The number of unbranched alkanes of at least 4 members (excludes halogenated alkanes) is 4. The van der Waals surface area contributed by atoms with Gasteiger partial charge in [0.1, 0.15) is 0 Å². The number of para-hydroxylation sites is 4. The fourth-order valence-corrected chi connectivity index (χ4v) is 3.51. The molecule has 0 unspecified atom stereocenters. The van der Waals surface area contributed by atoms with E-state index in [4.69, 9.17) is 0 Å². The summed E-state index contributed by atoms with van der Waals surface area (Å²) in [4.78, 5) is 39.0. The molecule has 0 aliphatic rings. The topological polar surface area (TPSA) is 116 Å². The number of carbonyl (C=O) groups excluding carboxylic acids is 2. The number of nitrogens with one attached hydrogen (secondary N) is 4. The van der Waals surface area contributed by atoms with E-state index < -0.39 is 0 Å². The van der Waals surface area contributed by atoms with Crippen molar-refractivity contribution in [2.45, 2.75) is 44.9 Å². The van der Waals surface area contributed by atoms with Crippen LogP contribution in [0.1, 0.15) is 44.9 Å². The Morgan fingerprint density at radius 2 is 1.06 bits per heavy atom. The van der Waals surface area contributed by atoms with Gasteiger partial charge >= 0.3 is 0 Å². The van der Waals surface area contributed by atoms with Gasteiger partial charge in [-0.3, -0.25) is 20.2 Å². The van der Waals surface area contributed by atoms with Crippen molar-refractivity contribution in [3.8, 4) is 0 Å². The van der Waals surface area contributed by atoms with Crippen LogP contribution in [0.2, 0.25) is 0 Å². The smallest absolute Gasteiger partial charge is 0.226 e. The molecule has 8 nitrogen and oxygen atoms in total. The molecular weight excluding hydrogens is 392 g/mol. The van der Waals surface area contributed by atoms with E-state index in [1.165, 1.54) is 0 Å². The molecule has 4 rings (SSSR count). The molecule has 0 spiro atoms. The maximum atomic E-state index is 12.1. The largest absolute Gasteiger partial charge is 0.324 e. The molecule has 31 heavy (non-hydrogen) atoms. The number of hydrogen-bond donors (Lipinski definition) is 4. The van der Waals surface area contributed by atoms with Crippen LogP contribution in [0.4, 0.5) is 11.9 Å². The van der Waals surface area contributed by atoms with Gasteiger partial charge in [0.05, 0.1) is 22.1 Å². The summed E-state index contributed by atoms with van der Waals surface area (Å²) < 4.78 is 0. The van der Waals surface area contributed by atoms with Gasteiger partial charge in [0.15, 0.2) is 0 Å². The first-order valence-corrected chi connectivity index (χ1v) is 10.7. The fourth-order valence-electron chi connectivity index (χ4n) is 3.51. The lowest BCUT2D eigenvalue weighted by Gasteiger charge is -2.03. The Bertz CT molecular complexity index is 1020. The van der Waals surface area contributed by atoms with E-state index in [-0.39, 0.29) is 11.8 Å². The van der Waals surface area contributed by atoms with E-state index in [1.807, 2.05) is 48.5 Å². The molecule has 2 amide bonds. The molecule has 0 saturated carbocycles. The molecule has 2 aromatic carbocycles. The molecule has 0 aliphatic heterocycles. The maximum Gasteiger partial charge on any atom is 0.226 e. The van der Waals surface area contributed by atoms with Crippen molar-refractivity contribution in [2.75, 3.05) is 10.6 Å². The number of nitrogens with zero attached hydrogens (tertiary/aromatic N) is 2. The molecule has 8 heteroatoms. The van der Waals surface area contributed by atoms with Gasteiger partial charge in [-0.25, -0.2) is 9.97 Å². The molecule has 160 valence electrons. The van der Waals surface area contributed by atoms with E-state index in [1.54, 1.807) is 0 Å². The second kappa shape index (κ2) is 9.88. The van der Waals surface area contributed by atoms with E-state index in [0.717, 1.165) is 54.2 Å². The van der Waals surface area contributed by atoms with Crippen molar-refractivity contribution < 1.29 is 9.59 Å². The highest BCUT2D eigenvalue weighted by Gasteiger charge is 2.08. The number of carbonyl (C=O) groups is 2. The third kappa shape index (κ3) is 5.69. The van der Waals surface area contributed by atoms with Crippen molar-refractivity contribution in [3.63, 3.8) is 0 Å². The van der Waals surface area contributed by atoms with Gasteiger partial charge in [0.2, 0.25) is 23.7 Å². The second-order valence-corrected chi connectivity index (χ2v) is 7.57. The summed E-state index contributed by atoms with van der Waals surface area (Å²) in [6.07, 6.45) is 5.47. The molecule has 0 atom stereocenters. The highest BCUT2D eigenvalue weighted by molar-refractivity contribution is 5.91. The third-order valence-corrected chi connectivity index (χ3v) is 5.10. The van der Waals surface area contributed by atoms with Crippen molar-refractivity contribution in [2.24, 2.45) is 0 Å². The van der Waals surface area contributed by atoms with Crippen LogP contribution in [0.3, 0.4) is 0 Å². The molecule has 0 fully saturated rings. The maximum absolute atomic E-state index is 12.1. The number of H-pyrrole nitrogens is 2. The number of aromatic amines is 2. The van der Waals surface area contributed by atoms with Gasteiger partial charge in [-0.15, -0.1) is 0 Å². The average molecular weight is 419 g/mol. The molecule has 0 aliphatic carbocycles. The summed E-state index contributed by atoms with van der Waals surface area (Å²) in [6.45, 7) is 0. The van der Waals surface area contributed by atoms with Gasteiger partial charge in [0, 0.05) is 12.8 Å². The van der Waals surface area contributed by atoms with E-state index in [2.05, 4.69) is 30.6 Å². The standard InChI is InChI=1S/C23H26N6O2/c30-20(28-22-24-16-10-6-7-11-17(16)25-22)14-4-2-1-3-5-15-21(31)29-23-26-18-12-8-9-13-19(18)27-23/h6-13H,1-5,14-15H2,(H2,24,25,28,30)(H2,26,27,29,31). The quantitative estimate of drug-likeness (QED) is 0.278. The van der Waals surface area contributed by atoms with Crippen LogP contribution in [-0.2, 0) is 9.59 Å². The van der Waals surface area contributed by atoms with Crippen LogP contribution in [0.15, 0.2) is 48.5 Å². The Morgan fingerprint density at radius 3 is 1.52 bits per heavy atom. The lowest BCUT2D eigenvalue weighted by molar-refractivity contribution is -0.117. The SMILES string of the molecule is O=C(CCCCCCCC(=O)Nc1nc2ccccc2[nH]1)Nc1nc2ccccc2[nH]1. The van der Waals surface area contributed by atoms with E-state index >= 15 is 0 Å². The highest BCUT2D eigenvalue weighted by Crippen LogP contribution is 2.15. The zero-order chi connectivity index (χ0) is 21.5. The minimum Gasteiger partial charge on any atom is -0.324 e. The van der Waals surface area contributed by atoms with Crippen molar-refractivity contribution >= 4 is 45.8 Å². The molecular formula is C23H26N6O2. The van der Waals surface area contributed by atoms with E-state index in [9.17, 15) is 9.59 Å². The zero-order valence-corrected chi connectivity index (χ0v) is 17.3. The molecule has 4 N–H and O–H groups in total. The summed E-state index contributed by atoms with van der Waals surface area (Å²) in [5, 5.41) is 5.63. The van der Waals surface area contributed by atoms with Crippen LogP contribution in [0.5, 0.6) is 0 Å². The number of fused-ring (bicyclic) bond motifs is 2. The number of benzene rings is 2. The normalized spacial score (nSPS) is 11.1. The number of aromatic nitrogens is 4. The monoisotopic (exact) mass is 418 g/mol. The minimum atomic E-state index is -0.0377. The number of amides is 2. The lowest BCUT2D eigenvalue weighted by atomic mass is 10.1. The highest BCUT2D eigenvalue weighted by atomic mass is 16.2. The number of rotatable bonds is 10. The number of anilines is 2. The second-order valence-electron chi connectivity index (χ2n) is 7.57. The van der Waals surface area contributed by atoms with Crippen molar-refractivity contribution in [1.82, 2.24) is 19.9 Å². The van der Waals surface area contributed by atoms with Gasteiger partial charge in [0.25, 0.3) is 0 Å². The molecule has 0 saturated heterocycles. The Hall–Kier alpha value is -3.68. The predicted octanol–water partition coefficient (Wildman–Crippen LogP) is 4.75. The molecule has 4 aromatic rings. The molecule has 0 bridgehead atoms. The van der Waals surface area contributed by atoms with Crippen LogP contribution in [-0.4, -0.2) is 31.8 Å². The Labute approximate surface area is 179 Å². The summed E-state index contributed by atoms with van der Waals surface area (Å²) in [5.41, 5.74) is 3.48. The van der Waals surface area contributed by atoms with Gasteiger partial charge in [-0.05, 0) is 37.1 Å². The van der Waals surface area contributed by atoms with Crippen LogP contribution < -0.4 is 10.6 Å². The summed E-state index contributed by atoms with van der Waals surface area (Å²) >= 11 is 0. The Balaban J connectivity index is 1.07. The first-order valence-electron chi connectivity index (χ1n) is 10.7. The summed E-state index contributed by atoms with van der Waals surface area (Å²) in [6, 6.07) is 15.3. The molecule has 0 radical (unpaired) electrons. The number of hydrogen-bond acceptors (Lipinski definition) is 4. The van der Waals surface area contributed by atoms with Crippen molar-refractivity contribution in [3.05, 3.63) is 48.5 Å². The summed E-state index contributed by atoms with van der Waals surface area (Å²) in [5.74, 6) is 0.900. The van der Waals surface area contributed by atoms with Gasteiger partial charge in [-0.2, -0.15) is 0 Å². The van der Waals surface area contributed by atoms with Gasteiger partial charge < -0.3 is 9.97 Å². The Kier molecular flexibility index (Phi) is 6.56. The van der Waals surface area contributed by atoms with Crippen LogP contribution in [0, 0.1) is 0 Å². The minimum absolute atomic E-state index is 0.0377. The van der Waals surface area contributed by atoms with Crippen LogP contribution in [0.25, 0.3) is 22.1 Å². The predicted molar refractivity (Wildman–Crippen MR) is 122 cm³/mol. The molecule has 2 heterocycles. The Morgan fingerprint density at radius 1 is 0.645 bits per heavy atom. The zero-order valence-electron chi connectivity index (χ0n) is 17.3. The first-order chi connectivity index (χ1) is 15.2. The third-order valence-electron chi connectivity index (χ3n) is 5.10. The lowest BCUT2D eigenvalue weighted by Crippen LogP contribution is -2.12.